The molecule has 6 rings (SSSR count). The van der Waals surface area contributed by atoms with Gasteiger partial charge in [-0.3, -0.25) is 14.3 Å². The van der Waals surface area contributed by atoms with Crippen LogP contribution in [0, 0.1) is 5.92 Å². The van der Waals surface area contributed by atoms with Crippen molar-refractivity contribution >= 4 is 5.91 Å². The number of carbonyl (C=O) groups excluding carboxylic acids is 1. The van der Waals surface area contributed by atoms with Gasteiger partial charge in [-0.1, -0.05) is 0 Å². The first-order valence-electron chi connectivity index (χ1n) is 10.6. The molecule has 5 aliphatic carbocycles. The molecule has 2 atom stereocenters. The Hall–Kier alpha value is -1.93. The lowest BCUT2D eigenvalue weighted by molar-refractivity contribution is -0.357. The van der Waals surface area contributed by atoms with Crippen LogP contribution in [0.25, 0.3) is 0 Å². The Labute approximate surface area is 183 Å². The molecule has 14 heteroatoms. The fraction of sp³-hybridized carbons (Fsp3) is 0.842. The highest BCUT2D eigenvalue weighted by molar-refractivity contribution is 5.79. The topological polar surface area (TPSA) is 95.7 Å². The van der Waals surface area contributed by atoms with E-state index in [1.165, 1.54) is 0 Å². The lowest BCUT2D eigenvalue weighted by atomic mass is 9.39. The van der Waals surface area contributed by atoms with Crippen LogP contribution in [0.5, 0.6) is 0 Å². The van der Waals surface area contributed by atoms with E-state index < -0.39 is 31.5 Å². The predicted molar refractivity (Wildman–Crippen MR) is 93.5 cm³/mol. The largest absolute Gasteiger partial charge is 0.522 e. The van der Waals surface area contributed by atoms with Crippen LogP contribution in [0.1, 0.15) is 56.2 Å². The third-order valence-corrected chi connectivity index (χ3v) is 6.83. The van der Waals surface area contributed by atoms with E-state index in [1.54, 1.807) is 0 Å². The molecule has 184 valence electrons. The van der Waals surface area contributed by atoms with E-state index in [0.29, 0.717) is 37.5 Å². The van der Waals surface area contributed by atoms with E-state index in [-0.39, 0.29) is 48.1 Å². The van der Waals surface area contributed by atoms with Crippen LogP contribution < -0.4 is 5.32 Å². The first-order chi connectivity index (χ1) is 15.3. The lowest BCUT2D eigenvalue weighted by Crippen LogP contribution is -2.77. The van der Waals surface area contributed by atoms with Gasteiger partial charge in [-0.2, -0.15) is 0 Å². The number of ether oxygens (including phenoxy) is 3. The molecule has 0 aromatic carbocycles. The van der Waals surface area contributed by atoms with Gasteiger partial charge < -0.3 is 14.5 Å². The number of hydrogen-bond acceptors (Lipinski definition) is 7. The first-order valence-corrected chi connectivity index (χ1v) is 10.6. The van der Waals surface area contributed by atoms with E-state index in [1.807, 2.05) is 0 Å². The standard InChI is InChI=1S/C19H21F6N3O5/c20-18(21,22)31-4-9-1-12(9)14-27-28-15(32-14)16-6-17(7-16,8-16)26-13(29)5-30-10-2-11(3-10)33-19(23,24)25/h9-12H,1-8H2,(H,26,29)/t9-,10-,11+,12+,16?,17?/m0/s1. The van der Waals surface area contributed by atoms with Crippen molar-refractivity contribution in [3.05, 3.63) is 11.8 Å². The zero-order valence-corrected chi connectivity index (χ0v) is 17.2. The second-order valence-electron chi connectivity index (χ2n) is 9.53. The maximum Gasteiger partial charge on any atom is 0.522 e. The van der Waals surface area contributed by atoms with Crippen molar-refractivity contribution in [2.45, 2.75) is 80.3 Å². The van der Waals surface area contributed by atoms with E-state index in [9.17, 15) is 31.1 Å². The Morgan fingerprint density at radius 3 is 2.36 bits per heavy atom. The van der Waals surface area contributed by atoms with Crippen LogP contribution >= 0.6 is 0 Å². The van der Waals surface area contributed by atoms with E-state index in [2.05, 4.69) is 25.0 Å². The summed E-state index contributed by atoms with van der Waals surface area (Å²) in [6.45, 7) is -0.684. The maximum absolute atomic E-state index is 12.2. The van der Waals surface area contributed by atoms with Gasteiger partial charge in [0.2, 0.25) is 17.7 Å². The van der Waals surface area contributed by atoms with Crippen molar-refractivity contribution in [2.75, 3.05) is 13.2 Å². The van der Waals surface area contributed by atoms with Gasteiger partial charge in [-0.05, 0) is 31.6 Å². The van der Waals surface area contributed by atoms with Gasteiger partial charge >= 0.3 is 12.7 Å². The Morgan fingerprint density at radius 1 is 1.03 bits per heavy atom. The quantitative estimate of drug-likeness (QED) is 0.537. The number of amides is 1. The van der Waals surface area contributed by atoms with Gasteiger partial charge in [-0.25, -0.2) is 0 Å². The molecule has 2 bridgehead atoms. The number of halogens is 6. The third kappa shape index (κ3) is 4.83. The zero-order valence-electron chi connectivity index (χ0n) is 17.2. The minimum absolute atomic E-state index is 0.0880. The minimum atomic E-state index is -4.67. The third-order valence-electron chi connectivity index (χ3n) is 6.83. The summed E-state index contributed by atoms with van der Waals surface area (Å²) in [5.41, 5.74) is -0.721. The second kappa shape index (κ2) is 7.54. The van der Waals surface area contributed by atoms with Gasteiger partial charge in [-0.15, -0.1) is 36.5 Å². The maximum atomic E-state index is 12.2. The molecule has 0 radical (unpaired) electrons. The number of carbonyl (C=O) groups is 1. The molecule has 0 unspecified atom stereocenters. The van der Waals surface area contributed by atoms with Crippen LogP contribution in [0.15, 0.2) is 4.42 Å². The van der Waals surface area contributed by atoms with Crippen LogP contribution in [-0.2, 0) is 24.4 Å². The molecular weight excluding hydrogens is 464 g/mol. The van der Waals surface area contributed by atoms with Gasteiger partial charge in [0.1, 0.15) is 6.61 Å². The SMILES string of the molecule is O=C(CO[C@H]1C[C@@H](OC(F)(F)F)C1)NC12CC(c3nnc([C@@H]4C[C@H]4COC(F)(F)F)o3)(C1)C2. The van der Waals surface area contributed by atoms with Gasteiger partial charge in [0.15, 0.2) is 0 Å². The highest BCUT2D eigenvalue weighted by Crippen LogP contribution is 2.67. The number of aromatic nitrogens is 2. The summed E-state index contributed by atoms with van der Waals surface area (Å²) in [5, 5.41) is 10.9. The van der Waals surface area contributed by atoms with Crippen LogP contribution in [-0.4, -0.2) is 59.8 Å². The molecule has 0 spiro atoms. The van der Waals surface area contributed by atoms with Crippen molar-refractivity contribution in [3.63, 3.8) is 0 Å². The summed E-state index contributed by atoms with van der Waals surface area (Å²) in [5.74, 6) is -0.146. The van der Waals surface area contributed by atoms with E-state index >= 15 is 0 Å². The number of nitrogens with one attached hydrogen (secondary N) is 1. The van der Waals surface area contributed by atoms with Crippen molar-refractivity contribution < 1.29 is 49.8 Å². The number of nitrogens with zero attached hydrogens (tertiary/aromatic N) is 2. The smallest absolute Gasteiger partial charge is 0.424 e. The molecule has 0 aliphatic heterocycles. The fourth-order valence-corrected chi connectivity index (χ4v) is 5.15. The summed E-state index contributed by atoms with van der Waals surface area (Å²) in [4.78, 5) is 12.2. The first kappa shape index (κ1) is 22.8. The summed E-state index contributed by atoms with van der Waals surface area (Å²) < 4.78 is 91.5. The molecule has 1 aromatic rings. The average Bonchev–Trinajstić information content (AvgIpc) is 3.22. The molecule has 5 fully saturated rings. The molecule has 8 nitrogen and oxygen atoms in total. The molecule has 1 heterocycles. The normalized spacial score (nSPS) is 37.0. The Morgan fingerprint density at radius 2 is 1.73 bits per heavy atom. The Balaban J connectivity index is 1.01. The Bertz CT molecular complexity index is 893. The molecular formula is C19H21F6N3O5. The number of hydrogen-bond donors (Lipinski definition) is 1. The van der Waals surface area contributed by atoms with Crippen molar-refractivity contribution in [1.82, 2.24) is 15.5 Å². The monoisotopic (exact) mass is 485 g/mol. The molecule has 1 amide bonds. The number of alkyl halides is 6. The number of rotatable bonds is 9. The summed E-state index contributed by atoms with van der Waals surface area (Å²) in [7, 11) is 0. The molecule has 1 N–H and O–H groups in total. The van der Waals surface area contributed by atoms with Crippen LogP contribution in [0.4, 0.5) is 26.3 Å². The lowest BCUT2D eigenvalue weighted by Gasteiger charge is -2.68. The molecule has 5 saturated carbocycles. The van der Waals surface area contributed by atoms with E-state index in [0.717, 1.165) is 0 Å². The minimum Gasteiger partial charge on any atom is -0.424 e. The van der Waals surface area contributed by atoms with Crippen molar-refractivity contribution in [1.29, 1.82) is 0 Å². The predicted octanol–water partition coefficient (Wildman–Crippen LogP) is 3.08. The molecule has 0 saturated heterocycles. The van der Waals surface area contributed by atoms with Crippen molar-refractivity contribution in [2.24, 2.45) is 5.92 Å². The highest BCUT2D eigenvalue weighted by Gasteiger charge is 2.72. The highest BCUT2D eigenvalue weighted by atomic mass is 19.4. The molecule has 5 aliphatic rings. The second-order valence-corrected chi connectivity index (χ2v) is 9.53. The van der Waals surface area contributed by atoms with Gasteiger partial charge in [0.05, 0.1) is 24.2 Å². The van der Waals surface area contributed by atoms with Crippen LogP contribution in [0.3, 0.4) is 0 Å². The van der Waals surface area contributed by atoms with E-state index in [4.69, 9.17) is 9.15 Å². The fourth-order valence-electron chi connectivity index (χ4n) is 5.15. The average molecular weight is 485 g/mol. The van der Waals surface area contributed by atoms with Crippen molar-refractivity contribution in [3.8, 4) is 0 Å². The van der Waals surface area contributed by atoms with Gasteiger partial charge in [0.25, 0.3) is 0 Å². The molecule has 33 heavy (non-hydrogen) atoms. The summed E-state index contributed by atoms with van der Waals surface area (Å²) >= 11 is 0. The van der Waals surface area contributed by atoms with Gasteiger partial charge in [0, 0.05) is 24.3 Å². The summed E-state index contributed by atoms with van der Waals surface area (Å²) in [6.07, 6.45) is -8.23. The zero-order chi connectivity index (χ0) is 23.6. The summed E-state index contributed by atoms with van der Waals surface area (Å²) in [6, 6.07) is 0. The molecule has 1 aromatic heterocycles. The van der Waals surface area contributed by atoms with Crippen LogP contribution in [0.2, 0.25) is 0 Å². The Kier molecular flexibility index (Phi) is 5.22.